The van der Waals surface area contributed by atoms with Gasteiger partial charge in [-0.25, -0.2) is 0 Å². The number of nitrogens with two attached hydrogens (primary N) is 1. The van der Waals surface area contributed by atoms with E-state index in [9.17, 15) is 0 Å². The summed E-state index contributed by atoms with van der Waals surface area (Å²) in [5.74, 6) is 1.52. The number of rotatable bonds is 3. The van der Waals surface area contributed by atoms with Crippen molar-refractivity contribution < 1.29 is 4.74 Å². The van der Waals surface area contributed by atoms with E-state index in [4.69, 9.17) is 10.5 Å². The fraction of sp³-hybridized carbons (Fsp3) is 0. The molecule has 0 spiro atoms. The first-order valence-corrected chi connectivity index (χ1v) is 6.24. The number of ether oxygens (including phenoxy) is 1. The molecule has 4 nitrogen and oxygen atoms in total. The summed E-state index contributed by atoms with van der Waals surface area (Å²) in [7, 11) is 0. The van der Waals surface area contributed by atoms with Gasteiger partial charge in [0.25, 0.3) is 0 Å². The lowest BCUT2D eigenvalue weighted by Gasteiger charge is -2.10. The second kappa shape index (κ2) is 5.40. The molecule has 0 atom stereocenters. The zero-order valence-electron chi connectivity index (χ0n) is 10.7. The number of nitrogen functional groups attached to an aromatic ring is 1. The zero-order valence-corrected chi connectivity index (χ0v) is 10.7. The van der Waals surface area contributed by atoms with E-state index in [-0.39, 0.29) is 0 Å². The van der Waals surface area contributed by atoms with Gasteiger partial charge in [-0.2, -0.15) is 0 Å². The van der Waals surface area contributed by atoms with E-state index >= 15 is 0 Å². The third-order valence-electron chi connectivity index (χ3n) is 2.85. The number of anilines is 1. The van der Waals surface area contributed by atoms with Crippen LogP contribution in [-0.4, -0.2) is 10.2 Å². The summed E-state index contributed by atoms with van der Waals surface area (Å²) in [5, 5.41) is 7.69. The third-order valence-corrected chi connectivity index (χ3v) is 2.85. The van der Waals surface area contributed by atoms with Crippen molar-refractivity contribution in [2.75, 3.05) is 5.73 Å². The molecule has 1 heterocycles. The van der Waals surface area contributed by atoms with Crippen LogP contribution < -0.4 is 10.5 Å². The van der Waals surface area contributed by atoms with E-state index in [1.807, 2.05) is 54.6 Å². The first-order chi connectivity index (χ1) is 9.83. The van der Waals surface area contributed by atoms with Crippen LogP contribution in [0.4, 0.5) is 5.82 Å². The van der Waals surface area contributed by atoms with Gasteiger partial charge in [0, 0.05) is 11.6 Å². The largest absolute Gasteiger partial charge is 0.437 e. The summed E-state index contributed by atoms with van der Waals surface area (Å²) in [5.41, 5.74) is 7.61. The van der Waals surface area contributed by atoms with Gasteiger partial charge in [-0.3, -0.25) is 0 Å². The summed E-state index contributed by atoms with van der Waals surface area (Å²) in [6.07, 6.45) is 0. The Morgan fingerprint density at radius 3 is 2.25 bits per heavy atom. The molecule has 0 saturated heterocycles. The maximum absolute atomic E-state index is 5.79. The lowest BCUT2D eigenvalue weighted by molar-refractivity contribution is 0.457. The average Bonchev–Trinajstić information content (AvgIpc) is 2.51. The summed E-state index contributed by atoms with van der Waals surface area (Å²) in [4.78, 5) is 0. The van der Waals surface area contributed by atoms with E-state index in [1.54, 1.807) is 12.1 Å². The molecule has 0 aliphatic rings. The van der Waals surface area contributed by atoms with Crippen LogP contribution in [0.25, 0.3) is 11.1 Å². The van der Waals surface area contributed by atoms with Gasteiger partial charge < -0.3 is 10.5 Å². The molecule has 2 N–H and O–H groups in total. The van der Waals surface area contributed by atoms with E-state index in [2.05, 4.69) is 10.2 Å². The standard InChI is InChI=1S/C16H13N3O/c17-15-10-11-16(19-18-15)20-14-9-5-4-8-13(14)12-6-2-1-3-7-12/h1-11H,(H2,17,18). The Bertz CT molecular complexity index is 696. The smallest absolute Gasteiger partial charge is 0.239 e. The van der Waals surface area contributed by atoms with Crippen LogP contribution in [0.3, 0.4) is 0 Å². The molecule has 1 aromatic heterocycles. The lowest BCUT2D eigenvalue weighted by Crippen LogP contribution is -1.95. The summed E-state index contributed by atoms with van der Waals surface area (Å²) >= 11 is 0. The summed E-state index contributed by atoms with van der Waals surface area (Å²) in [6, 6.07) is 21.2. The third kappa shape index (κ3) is 2.59. The molecule has 3 aromatic rings. The molecule has 0 saturated carbocycles. The van der Waals surface area contributed by atoms with Crippen LogP contribution in [0, 0.1) is 0 Å². The first kappa shape index (κ1) is 12.2. The van der Waals surface area contributed by atoms with E-state index in [0.29, 0.717) is 11.7 Å². The highest BCUT2D eigenvalue weighted by atomic mass is 16.5. The predicted molar refractivity (Wildman–Crippen MR) is 78.4 cm³/mol. The number of para-hydroxylation sites is 1. The molecule has 0 unspecified atom stereocenters. The molecular formula is C16H13N3O. The number of nitrogens with zero attached hydrogens (tertiary/aromatic N) is 2. The minimum atomic E-state index is 0.369. The maximum Gasteiger partial charge on any atom is 0.239 e. The highest BCUT2D eigenvalue weighted by Gasteiger charge is 2.07. The highest BCUT2D eigenvalue weighted by Crippen LogP contribution is 2.32. The van der Waals surface area contributed by atoms with E-state index in [0.717, 1.165) is 16.9 Å². The molecule has 98 valence electrons. The van der Waals surface area contributed by atoms with Crippen molar-refractivity contribution in [3.05, 3.63) is 66.7 Å². The fourth-order valence-electron chi connectivity index (χ4n) is 1.91. The van der Waals surface area contributed by atoms with Crippen molar-refractivity contribution in [2.45, 2.75) is 0 Å². The number of hydrogen-bond donors (Lipinski definition) is 1. The molecule has 20 heavy (non-hydrogen) atoms. The minimum Gasteiger partial charge on any atom is -0.437 e. The molecular weight excluding hydrogens is 250 g/mol. The second-order valence-electron chi connectivity index (χ2n) is 4.26. The Kier molecular flexibility index (Phi) is 3.29. The van der Waals surface area contributed by atoms with Gasteiger partial charge in [0.05, 0.1) is 0 Å². The Morgan fingerprint density at radius 2 is 1.50 bits per heavy atom. The second-order valence-corrected chi connectivity index (χ2v) is 4.26. The zero-order chi connectivity index (χ0) is 13.8. The van der Waals surface area contributed by atoms with Crippen molar-refractivity contribution >= 4 is 5.82 Å². The maximum atomic E-state index is 5.79. The molecule has 2 aromatic carbocycles. The molecule has 0 fully saturated rings. The van der Waals surface area contributed by atoms with Crippen LogP contribution in [0.15, 0.2) is 66.7 Å². The van der Waals surface area contributed by atoms with Gasteiger partial charge in [-0.1, -0.05) is 48.5 Å². The van der Waals surface area contributed by atoms with Gasteiger partial charge in [0.15, 0.2) is 0 Å². The van der Waals surface area contributed by atoms with Gasteiger partial charge >= 0.3 is 0 Å². The molecule has 0 aliphatic heterocycles. The minimum absolute atomic E-state index is 0.369. The van der Waals surface area contributed by atoms with Gasteiger partial charge in [0.2, 0.25) is 5.88 Å². The fourth-order valence-corrected chi connectivity index (χ4v) is 1.91. The highest BCUT2D eigenvalue weighted by molar-refractivity contribution is 5.70. The first-order valence-electron chi connectivity index (χ1n) is 6.24. The van der Waals surface area contributed by atoms with Gasteiger partial charge in [-0.05, 0) is 17.7 Å². The lowest BCUT2D eigenvalue weighted by atomic mass is 10.1. The van der Waals surface area contributed by atoms with E-state index in [1.165, 1.54) is 0 Å². The quantitative estimate of drug-likeness (QED) is 0.785. The Balaban J connectivity index is 1.96. The van der Waals surface area contributed by atoms with Gasteiger partial charge in [0.1, 0.15) is 11.6 Å². The Labute approximate surface area is 116 Å². The predicted octanol–water partition coefficient (Wildman–Crippen LogP) is 3.52. The molecule has 0 amide bonds. The van der Waals surface area contributed by atoms with Crippen LogP contribution in [0.1, 0.15) is 0 Å². The van der Waals surface area contributed by atoms with Crippen LogP contribution in [0.2, 0.25) is 0 Å². The Hall–Kier alpha value is -2.88. The van der Waals surface area contributed by atoms with E-state index < -0.39 is 0 Å². The SMILES string of the molecule is Nc1ccc(Oc2ccccc2-c2ccccc2)nn1. The Morgan fingerprint density at radius 1 is 0.750 bits per heavy atom. The normalized spacial score (nSPS) is 10.2. The molecule has 4 heteroatoms. The molecule has 3 rings (SSSR count). The molecule has 0 radical (unpaired) electrons. The molecule has 0 bridgehead atoms. The van der Waals surface area contributed by atoms with Crippen molar-refractivity contribution in [1.82, 2.24) is 10.2 Å². The monoisotopic (exact) mass is 263 g/mol. The number of aromatic nitrogens is 2. The molecule has 0 aliphatic carbocycles. The number of benzene rings is 2. The summed E-state index contributed by atoms with van der Waals surface area (Å²) in [6.45, 7) is 0. The van der Waals surface area contributed by atoms with Crippen LogP contribution in [0.5, 0.6) is 11.6 Å². The van der Waals surface area contributed by atoms with Crippen molar-refractivity contribution in [3.63, 3.8) is 0 Å². The van der Waals surface area contributed by atoms with Crippen LogP contribution >= 0.6 is 0 Å². The van der Waals surface area contributed by atoms with Crippen molar-refractivity contribution in [1.29, 1.82) is 0 Å². The topological polar surface area (TPSA) is 61.0 Å². The average molecular weight is 263 g/mol. The number of hydrogen-bond acceptors (Lipinski definition) is 4. The van der Waals surface area contributed by atoms with Crippen molar-refractivity contribution in [3.8, 4) is 22.8 Å². The van der Waals surface area contributed by atoms with Crippen molar-refractivity contribution in [2.24, 2.45) is 0 Å². The summed E-state index contributed by atoms with van der Waals surface area (Å²) < 4.78 is 5.79. The van der Waals surface area contributed by atoms with Gasteiger partial charge in [-0.15, -0.1) is 10.2 Å². The van der Waals surface area contributed by atoms with Crippen LogP contribution in [-0.2, 0) is 0 Å².